The highest BCUT2D eigenvalue weighted by molar-refractivity contribution is 7.15. The first-order valence-electron chi connectivity index (χ1n) is 8.90. The van der Waals surface area contributed by atoms with Crippen molar-refractivity contribution in [2.75, 3.05) is 31.9 Å². The minimum Gasteiger partial charge on any atom is -0.375 e. The molecule has 128 valence electrons. The van der Waals surface area contributed by atoms with Gasteiger partial charge in [-0.3, -0.25) is 9.80 Å². The third-order valence-corrected chi connectivity index (χ3v) is 6.27. The Labute approximate surface area is 148 Å². The Morgan fingerprint density at radius 1 is 1.04 bits per heavy atom. The molecule has 2 aromatic rings. The van der Waals surface area contributed by atoms with Gasteiger partial charge in [-0.1, -0.05) is 30.3 Å². The van der Waals surface area contributed by atoms with Crippen LogP contribution in [-0.4, -0.2) is 41.0 Å². The Kier molecular flexibility index (Phi) is 4.57. The molecule has 0 bridgehead atoms. The molecule has 1 atom stereocenters. The van der Waals surface area contributed by atoms with Crippen LogP contribution in [0.2, 0.25) is 0 Å². The van der Waals surface area contributed by atoms with Crippen LogP contribution >= 0.6 is 11.3 Å². The van der Waals surface area contributed by atoms with E-state index in [1.54, 1.807) is 11.3 Å². The lowest BCUT2D eigenvalue weighted by Gasteiger charge is -2.40. The van der Waals surface area contributed by atoms with E-state index in [1.807, 2.05) is 6.20 Å². The molecule has 1 aromatic heterocycles. The number of benzene rings is 1. The zero-order chi connectivity index (χ0) is 16.4. The number of aromatic nitrogens is 1. The highest BCUT2D eigenvalue weighted by Gasteiger charge is 2.41. The summed E-state index contributed by atoms with van der Waals surface area (Å²) in [6.07, 6.45) is 5.97. The molecule has 4 nitrogen and oxygen atoms in total. The molecule has 0 saturated carbocycles. The Balaban J connectivity index is 1.36. The summed E-state index contributed by atoms with van der Waals surface area (Å²) >= 11 is 1.63. The van der Waals surface area contributed by atoms with E-state index in [0.29, 0.717) is 10.5 Å². The Morgan fingerprint density at radius 3 is 2.58 bits per heavy atom. The van der Waals surface area contributed by atoms with E-state index in [1.165, 1.54) is 55.9 Å². The fourth-order valence-corrected chi connectivity index (χ4v) is 5.13. The van der Waals surface area contributed by atoms with Crippen LogP contribution in [0.4, 0.5) is 5.13 Å². The van der Waals surface area contributed by atoms with Crippen molar-refractivity contribution in [3.05, 3.63) is 47.0 Å². The summed E-state index contributed by atoms with van der Waals surface area (Å²) in [5.74, 6) is 0. The van der Waals surface area contributed by atoms with Crippen molar-refractivity contribution in [2.24, 2.45) is 5.41 Å². The van der Waals surface area contributed by atoms with Crippen LogP contribution in [0, 0.1) is 5.41 Å². The number of likely N-dealkylation sites (tertiary alicyclic amines) is 2. The molecular formula is C19H26N4S. The van der Waals surface area contributed by atoms with E-state index >= 15 is 0 Å². The highest BCUT2D eigenvalue weighted by atomic mass is 32.1. The number of nitrogens with two attached hydrogens (primary N) is 1. The molecule has 0 amide bonds. The summed E-state index contributed by atoms with van der Waals surface area (Å²) in [7, 11) is 0. The molecule has 4 rings (SSSR count). The van der Waals surface area contributed by atoms with Gasteiger partial charge in [-0.2, -0.15) is 0 Å². The molecule has 1 unspecified atom stereocenters. The summed E-state index contributed by atoms with van der Waals surface area (Å²) < 4.78 is 0. The molecule has 2 N–H and O–H groups in total. The topological polar surface area (TPSA) is 45.4 Å². The lowest BCUT2D eigenvalue weighted by Crippen LogP contribution is -2.44. The van der Waals surface area contributed by atoms with Crippen LogP contribution in [0.25, 0.3) is 0 Å². The van der Waals surface area contributed by atoms with Gasteiger partial charge in [-0.05, 0) is 43.3 Å². The quantitative estimate of drug-likeness (QED) is 0.927. The van der Waals surface area contributed by atoms with E-state index in [4.69, 9.17) is 5.73 Å². The SMILES string of the molecule is Nc1ncc(CN2CCC3(CCCN(Cc4ccccc4)C3)C2)s1. The second-order valence-corrected chi connectivity index (χ2v) is 8.57. The molecule has 0 radical (unpaired) electrons. The second-order valence-electron chi connectivity index (χ2n) is 7.43. The molecular weight excluding hydrogens is 316 g/mol. The zero-order valence-electron chi connectivity index (χ0n) is 14.2. The predicted octanol–water partition coefficient (Wildman–Crippen LogP) is 3.21. The number of thiazole rings is 1. The lowest BCUT2D eigenvalue weighted by molar-refractivity contribution is 0.0867. The smallest absolute Gasteiger partial charge is 0.180 e. The molecule has 1 spiro atoms. The standard InChI is InChI=1S/C19H26N4S/c20-18-21-11-17(24-18)13-23-10-8-19(15-23)7-4-9-22(14-19)12-16-5-2-1-3-6-16/h1-3,5-6,11H,4,7-10,12-15H2,(H2,20,21). The molecule has 5 heteroatoms. The molecule has 24 heavy (non-hydrogen) atoms. The molecule has 2 fully saturated rings. The van der Waals surface area contributed by atoms with E-state index in [9.17, 15) is 0 Å². The highest BCUT2D eigenvalue weighted by Crippen LogP contribution is 2.40. The van der Waals surface area contributed by atoms with E-state index < -0.39 is 0 Å². The fourth-order valence-electron chi connectivity index (χ4n) is 4.40. The zero-order valence-corrected chi connectivity index (χ0v) is 15.0. The monoisotopic (exact) mass is 342 g/mol. The van der Waals surface area contributed by atoms with E-state index in [0.717, 1.165) is 13.1 Å². The van der Waals surface area contributed by atoms with Crippen molar-refractivity contribution < 1.29 is 0 Å². The summed E-state index contributed by atoms with van der Waals surface area (Å²) in [4.78, 5) is 10.7. The van der Waals surface area contributed by atoms with Gasteiger partial charge in [0.25, 0.3) is 0 Å². The molecule has 0 aliphatic carbocycles. The van der Waals surface area contributed by atoms with Gasteiger partial charge >= 0.3 is 0 Å². The lowest BCUT2D eigenvalue weighted by atomic mass is 9.79. The van der Waals surface area contributed by atoms with Crippen LogP contribution in [0.3, 0.4) is 0 Å². The van der Waals surface area contributed by atoms with Gasteiger partial charge in [0, 0.05) is 37.3 Å². The Morgan fingerprint density at radius 2 is 1.83 bits per heavy atom. The van der Waals surface area contributed by atoms with Gasteiger partial charge in [-0.25, -0.2) is 4.98 Å². The minimum absolute atomic E-state index is 0.489. The largest absolute Gasteiger partial charge is 0.375 e. The molecule has 2 aliphatic heterocycles. The van der Waals surface area contributed by atoms with E-state index in [2.05, 4.69) is 45.1 Å². The summed E-state index contributed by atoms with van der Waals surface area (Å²) in [5, 5.41) is 0.686. The fraction of sp³-hybridized carbons (Fsp3) is 0.526. The third kappa shape index (κ3) is 3.63. The number of nitrogens with zero attached hydrogens (tertiary/aromatic N) is 3. The van der Waals surface area contributed by atoms with Crippen molar-refractivity contribution in [3.63, 3.8) is 0 Å². The first-order chi connectivity index (χ1) is 11.7. The number of nitrogen functional groups attached to an aromatic ring is 1. The van der Waals surface area contributed by atoms with Gasteiger partial charge in [0.1, 0.15) is 0 Å². The summed E-state index contributed by atoms with van der Waals surface area (Å²) in [6, 6.07) is 10.9. The van der Waals surface area contributed by atoms with Crippen LogP contribution in [0.1, 0.15) is 29.7 Å². The number of anilines is 1. The van der Waals surface area contributed by atoms with Crippen molar-refractivity contribution in [1.82, 2.24) is 14.8 Å². The number of hydrogen-bond acceptors (Lipinski definition) is 5. The molecule has 3 heterocycles. The molecule has 2 saturated heterocycles. The number of hydrogen-bond donors (Lipinski definition) is 1. The van der Waals surface area contributed by atoms with Gasteiger partial charge in [0.15, 0.2) is 5.13 Å². The number of rotatable bonds is 4. The maximum atomic E-state index is 5.76. The molecule has 2 aliphatic rings. The average molecular weight is 343 g/mol. The average Bonchev–Trinajstić information content (AvgIpc) is 3.15. The van der Waals surface area contributed by atoms with Crippen LogP contribution in [0.5, 0.6) is 0 Å². The van der Waals surface area contributed by atoms with Crippen LogP contribution in [-0.2, 0) is 13.1 Å². The summed E-state index contributed by atoms with van der Waals surface area (Å²) in [6.45, 7) is 7.00. The predicted molar refractivity (Wildman–Crippen MR) is 99.8 cm³/mol. The van der Waals surface area contributed by atoms with Crippen molar-refractivity contribution in [3.8, 4) is 0 Å². The third-order valence-electron chi connectivity index (χ3n) is 5.46. The van der Waals surface area contributed by atoms with Crippen molar-refractivity contribution in [2.45, 2.75) is 32.4 Å². The summed E-state index contributed by atoms with van der Waals surface area (Å²) in [5.41, 5.74) is 7.69. The van der Waals surface area contributed by atoms with Gasteiger partial charge in [0.05, 0.1) is 0 Å². The minimum atomic E-state index is 0.489. The second kappa shape index (κ2) is 6.82. The van der Waals surface area contributed by atoms with Gasteiger partial charge in [0.2, 0.25) is 0 Å². The van der Waals surface area contributed by atoms with E-state index in [-0.39, 0.29) is 0 Å². The maximum Gasteiger partial charge on any atom is 0.180 e. The van der Waals surface area contributed by atoms with Gasteiger partial charge in [-0.15, -0.1) is 11.3 Å². The first-order valence-corrected chi connectivity index (χ1v) is 9.71. The normalized spacial score (nSPS) is 25.5. The Bertz CT molecular complexity index is 671. The van der Waals surface area contributed by atoms with Crippen LogP contribution < -0.4 is 5.73 Å². The Hall–Kier alpha value is -1.43. The molecule has 1 aromatic carbocycles. The van der Waals surface area contributed by atoms with Crippen molar-refractivity contribution >= 4 is 16.5 Å². The van der Waals surface area contributed by atoms with Gasteiger partial charge < -0.3 is 5.73 Å². The first kappa shape index (κ1) is 16.1. The van der Waals surface area contributed by atoms with Crippen LogP contribution in [0.15, 0.2) is 36.5 Å². The van der Waals surface area contributed by atoms with Crippen molar-refractivity contribution in [1.29, 1.82) is 0 Å². The number of piperidine rings is 1. The maximum absolute atomic E-state index is 5.76.